The van der Waals surface area contributed by atoms with Gasteiger partial charge in [0, 0.05) is 6.42 Å². The Kier molecular flexibility index (Phi) is 6.69. The molecule has 0 fully saturated rings. The van der Waals surface area contributed by atoms with Crippen molar-refractivity contribution in [2.75, 3.05) is 5.75 Å². The first kappa shape index (κ1) is 23.2. The third-order valence-corrected chi connectivity index (χ3v) is 6.05. The van der Waals surface area contributed by atoms with Crippen LogP contribution in [0.5, 0.6) is 0 Å². The lowest BCUT2D eigenvalue weighted by atomic mass is 9.86. The highest BCUT2D eigenvalue weighted by atomic mass is 32.2. The van der Waals surface area contributed by atoms with E-state index >= 15 is 0 Å². The zero-order valence-corrected chi connectivity index (χ0v) is 18.4. The Hall–Kier alpha value is -2.06. The van der Waals surface area contributed by atoms with Crippen LogP contribution in [0.1, 0.15) is 75.8 Å². The first-order valence-electron chi connectivity index (χ1n) is 9.47. The minimum absolute atomic E-state index is 0.0244. The molecule has 0 aliphatic carbocycles. The maximum absolute atomic E-state index is 14.0. The number of nitrogens with zero attached hydrogens (tertiary/aromatic N) is 1. The lowest BCUT2D eigenvalue weighted by Crippen LogP contribution is -2.21. The number of rotatable bonds is 8. The van der Waals surface area contributed by atoms with E-state index in [1.165, 1.54) is 26.0 Å². The van der Waals surface area contributed by atoms with E-state index in [9.17, 15) is 22.7 Å². The summed E-state index contributed by atoms with van der Waals surface area (Å²) in [6.07, 6.45) is 0.935. The Bertz CT molecular complexity index is 971. The summed E-state index contributed by atoms with van der Waals surface area (Å²) >= 11 is 0. The summed E-state index contributed by atoms with van der Waals surface area (Å²) in [6, 6.07) is 2.80. The van der Waals surface area contributed by atoms with Crippen LogP contribution in [0.25, 0.3) is 0 Å². The van der Waals surface area contributed by atoms with Gasteiger partial charge in [0.2, 0.25) is 9.84 Å². The van der Waals surface area contributed by atoms with Crippen molar-refractivity contribution in [3.05, 3.63) is 46.6 Å². The summed E-state index contributed by atoms with van der Waals surface area (Å²) in [6.45, 7) is 10.5. The molecule has 2 rings (SSSR count). The van der Waals surface area contributed by atoms with E-state index in [1.54, 1.807) is 0 Å². The molecule has 2 aromatic rings. The third-order valence-electron chi connectivity index (χ3n) is 4.63. The van der Waals surface area contributed by atoms with Crippen LogP contribution in [0.3, 0.4) is 0 Å². The quantitative estimate of drug-likeness (QED) is 0.689. The summed E-state index contributed by atoms with van der Waals surface area (Å²) in [4.78, 5) is 16.5. The van der Waals surface area contributed by atoms with Crippen molar-refractivity contribution in [1.29, 1.82) is 0 Å². The van der Waals surface area contributed by atoms with Gasteiger partial charge in [-0.2, -0.15) is 0 Å². The number of ketones is 1. The van der Waals surface area contributed by atoms with Crippen LogP contribution in [0.2, 0.25) is 0 Å². The number of carbonyl (C=O) groups excluding carboxylic acids is 1. The fourth-order valence-electron chi connectivity index (χ4n) is 3.12. The topological polar surface area (TPSA) is 97.5 Å². The molecular formula is C21H28FNO5S. The predicted molar refractivity (Wildman–Crippen MR) is 107 cm³/mol. The first-order valence-corrected chi connectivity index (χ1v) is 11.1. The second kappa shape index (κ2) is 8.36. The van der Waals surface area contributed by atoms with E-state index in [4.69, 9.17) is 4.42 Å². The number of oxazole rings is 1. The number of Topliss-reactive ketones (excluding diaryl/α,β-unsaturated/α-hetero) is 1. The van der Waals surface area contributed by atoms with E-state index in [-0.39, 0.29) is 29.8 Å². The molecule has 8 heteroatoms. The van der Waals surface area contributed by atoms with Crippen LogP contribution in [0.4, 0.5) is 4.39 Å². The van der Waals surface area contributed by atoms with E-state index in [0.717, 1.165) is 6.26 Å². The van der Waals surface area contributed by atoms with E-state index < -0.39 is 32.2 Å². The molecule has 0 spiro atoms. The fraction of sp³-hybridized carbons (Fsp3) is 0.524. The molecule has 0 bridgehead atoms. The minimum Gasteiger partial charge on any atom is -0.436 e. The molecule has 1 aromatic carbocycles. The van der Waals surface area contributed by atoms with Crippen molar-refractivity contribution in [3.8, 4) is 0 Å². The summed E-state index contributed by atoms with van der Waals surface area (Å²) < 4.78 is 44.1. The number of halogens is 1. The SMILES string of the molecule is CC(C)c1cc(F)cc(C(C)C)c1CC(=O)CS(=O)(=O)c1nc(C(C)(C)O)co1. The summed E-state index contributed by atoms with van der Waals surface area (Å²) in [5, 5.41) is 9.32. The number of hydrogen-bond acceptors (Lipinski definition) is 6. The van der Waals surface area contributed by atoms with Crippen LogP contribution < -0.4 is 0 Å². The average Bonchev–Trinajstić information content (AvgIpc) is 3.06. The van der Waals surface area contributed by atoms with Crippen LogP contribution in [0.15, 0.2) is 28.0 Å². The highest BCUT2D eigenvalue weighted by molar-refractivity contribution is 7.91. The Balaban J connectivity index is 2.32. The zero-order valence-electron chi connectivity index (χ0n) is 17.6. The van der Waals surface area contributed by atoms with Crippen molar-refractivity contribution in [2.45, 2.75) is 70.6 Å². The van der Waals surface area contributed by atoms with Gasteiger partial charge in [-0.05, 0) is 54.5 Å². The molecule has 0 radical (unpaired) electrons. The van der Waals surface area contributed by atoms with Gasteiger partial charge in [0.1, 0.15) is 29.1 Å². The van der Waals surface area contributed by atoms with Crippen molar-refractivity contribution in [2.24, 2.45) is 0 Å². The lowest BCUT2D eigenvalue weighted by molar-refractivity contribution is -0.116. The molecule has 0 aliphatic heterocycles. The zero-order chi connectivity index (χ0) is 22.1. The number of benzene rings is 1. The normalized spacial score (nSPS) is 12.8. The molecule has 0 amide bonds. The second-order valence-corrected chi connectivity index (χ2v) is 10.3. The predicted octanol–water partition coefficient (Wildman–Crippen LogP) is 3.87. The van der Waals surface area contributed by atoms with Crippen LogP contribution >= 0.6 is 0 Å². The van der Waals surface area contributed by atoms with Crippen LogP contribution in [-0.2, 0) is 26.7 Å². The molecule has 6 nitrogen and oxygen atoms in total. The Morgan fingerprint density at radius 3 is 2.10 bits per heavy atom. The molecule has 1 aromatic heterocycles. The van der Waals surface area contributed by atoms with Gasteiger partial charge in [0.15, 0.2) is 5.78 Å². The molecule has 0 saturated carbocycles. The molecule has 0 saturated heterocycles. The van der Waals surface area contributed by atoms with Gasteiger partial charge >= 0.3 is 5.22 Å². The summed E-state index contributed by atoms with van der Waals surface area (Å²) in [7, 11) is -4.11. The first-order chi connectivity index (χ1) is 13.2. The molecule has 0 unspecified atom stereocenters. The monoisotopic (exact) mass is 425 g/mol. The molecular weight excluding hydrogens is 397 g/mol. The summed E-state index contributed by atoms with van der Waals surface area (Å²) in [5.41, 5.74) is 0.750. The third kappa shape index (κ3) is 5.51. The number of sulfone groups is 1. The molecule has 1 heterocycles. The van der Waals surface area contributed by atoms with Crippen molar-refractivity contribution in [3.63, 3.8) is 0 Å². The minimum atomic E-state index is -4.11. The maximum Gasteiger partial charge on any atom is 0.315 e. The highest BCUT2D eigenvalue weighted by Gasteiger charge is 2.29. The lowest BCUT2D eigenvalue weighted by Gasteiger charge is -2.19. The molecule has 1 N–H and O–H groups in total. The largest absolute Gasteiger partial charge is 0.436 e. The standard InChI is InChI=1S/C21H28FNO5S/c1-12(2)16-7-14(22)8-17(13(3)4)18(16)9-15(24)11-29(26,27)20-23-19(10-28-20)21(5,6)25/h7-8,10,12-13,25H,9,11H2,1-6H3. The molecule has 29 heavy (non-hydrogen) atoms. The van der Waals surface area contributed by atoms with Gasteiger partial charge in [-0.1, -0.05) is 27.7 Å². The van der Waals surface area contributed by atoms with Gasteiger partial charge in [0.25, 0.3) is 0 Å². The van der Waals surface area contributed by atoms with Crippen LogP contribution in [0, 0.1) is 5.82 Å². The van der Waals surface area contributed by atoms with Crippen molar-refractivity contribution in [1.82, 2.24) is 4.98 Å². The number of aromatic nitrogens is 1. The van der Waals surface area contributed by atoms with Crippen molar-refractivity contribution >= 4 is 15.6 Å². The van der Waals surface area contributed by atoms with E-state index in [0.29, 0.717) is 16.7 Å². The van der Waals surface area contributed by atoms with Gasteiger partial charge in [-0.25, -0.2) is 17.8 Å². The highest BCUT2D eigenvalue weighted by Crippen LogP contribution is 2.30. The molecule has 0 aliphatic rings. The smallest absolute Gasteiger partial charge is 0.315 e. The Morgan fingerprint density at radius 1 is 1.17 bits per heavy atom. The van der Waals surface area contributed by atoms with E-state index in [1.807, 2.05) is 27.7 Å². The molecule has 160 valence electrons. The van der Waals surface area contributed by atoms with Gasteiger partial charge in [0.05, 0.1) is 0 Å². The second-order valence-electron chi connectivity index (χ2n) is 8.40. The van der Waals surface area contributed by atoms with Gasteiger partial charge in [-0.15, -0.1) is 0 Å². The Morgan fingerprint density at radius 2 is 1.69 bits per heavy atom. The average molecular weight is 426 g/mol. The number of carbonyl (C=O) groups is 1. The number of aliphatic hydroxyl groups is 1. The van der Waals surface area contributed by atoms with Gasteiger partial charge in [-0.3, -0.25) is 4.79 Å². The number of hydrogen-bond donors (Lipinski definition) is 1. The van der Waals surface area contributed by atoms with Crippen LogP contribution in [-0.4, -0.2) is 30.0 Å². The Labute approximate surface area is 171 Å². The van der Waals surface area contributed by atoms with Gasteiger partial charge < -0.3 is 9.52 Å². The molecule has 0 atom stereocenters. The van der Waals surface area contributed by atoms with Crippen molar-refractivity contribution < 1.29 is 27.1 Å². The summed E-state index contributed by atoms with van der Waals surface area (Å²) in [5.74, 6) is -1.75. The van der Waals surface area contributed by atoms with E-state index in [2.05, 4.69) is 4.98 Å². The fourth-order valence-corrected chi connectivity index (χ4v) is 4.20. The maximum atomic E-state index is 14.0.